The number of hydrogen-bond donors (Lipinski definition) is 2. The summed E-state index contributed by atoms with van der Waals surface area (Å²) >= 11 is 0. The zero-order chi connectivity index (χ0) is 12.0. The smallest absolute Gasteiger partial charge is 0.320 e. The maximum atomic E-state index is 11.0. The summed E-state index contributed by atoms with van der Waals surface area (Å²) in [6.45, 7) is 3.95. The highest BCUT2D eigenvalue weighted by molar-refractivity contribution is 5.73. The minimum atomic E-state index is -0.799. The molecule has 1 rings (SSSR count). The van der Waals surface area contributed by atoms with Gasteiger partial charge in [0.25, 0.3) is 0 Å². The average molecular weight is 225 g/mol. The van der Waals surface area contributed by atoms with Gasteiger partial charge in [0.15, 0.2) is 0 Å². The molecule has 0 radical (unpaired) electrons. The molecule has 0 spiro atoms. The fraction of sp³-hybridized carbons (Fsp3) is 0.583. The Labute approximate surface area is 95.7 Å². The van der Waals surface area contributed by atoms with Crippen LogP contribution in [0.4, 0.5) is 0 Å². The molecular formula is C12H19NO3. The number of aliphatic carboxylic acids is 1. The van der Waals surface area contributed by atoms with Gasteiger partial charge in [0, 0.05) is 0 Å². The minimum Gasteiger partial charge on any atom is -0.480 e. The van der Waals surface area contributed by atoms with Crippen molar-refractivity contribution >= 4 is 5.97 Å². The molecule has 4 heteroatoms. The van der Waals surface area contributed by atoms with Gasteiger partial charge < -0.3 is 9.52 Å². The number of hydrogen-bond acceptors (Lipinski definition) is 3. The normalized spacial score (nSPS) is 14.6. The van der Waals surface area contributed by atoms with Crippen molar-refractivity contribution in [1.29, 1.82) is 0 Å². The number of nitrogens with one attached hydrogen (secondary N) is 1. The van der Waals surface area contributed by atoms with E-state index in [1.165, 1.54) is 0 Å². The number of carbonyl (C=O) groups is 1. The van der Waals surface area contributed by atoms with Crippen LogP contribution in [0.5, 0.6) is 0 Å². The largest absolute Gasteiger partial charge is 0.480 e. The van der Waals surface area contributed by atoms with Crippen molar-refractivity contribution in [2.24, 2.45) is 0 Å². The maximum Gasteiger partial charge on any atom is 0.320 e. The Kier molecular flexibility index (Phi) is 5.05. The third-order valence-electron chi connectivity index (χ3n) is 2.57. The van der Waals surface area contributed by atoms with E-state index in [1.54, 1.807) is 12.3 Å². The number of rotatable bonds is 7. The van der Waals surface area contributed by atoms with E-state index < -0.39 is 12.0 Å². The molecule has 0 saturated carbocycles. The zero-order valence-electron chi connectivity index (χ0n) is 9.77. The highest BCUT2D eigenvalue weighted by atomic mass is 16.4. The van der Waals surface area contributed by atoms with Crippen LogP contribution >= 0.6 is 0 Å². The van der Waals surface area contributed by atoms with Gasteiger partial charge in [-0.1, -0.05) is 19.8 Å². The minimum absolute atomic E-state index is 0.0760. The Morgan fingerprint density at radius 2 is 2.38 bits per heavy atom. The van der Waals surface area contributed by atoms with Crippen LogP contribution in [0.3, 0.4) is 0 Å². The lowest BCUT2D eigenvalue weighted by Crippen LogP contribution is -2.38. The average Bonchev–Trinajstić information content (AvgIpc) is 2.76. The van der Waals surface area contributed by atoms with Gasteiger partial charge in [0.2, 0.25) is 0 Å². The zero-order valence-corrected chi connectivity index (χ0v) is 9.77. The van der Waals surface area contributed by atoms with Crippen LogP contribution in [0, 0.1) is 0 Å². The Bertz CT molecular complexity index is 308. The Hall–Kier alpha value is -1.29. The molecule has 0 amide bonds. The topological polar surface area (TPSA) is 62.5 Å². The van der Waals surface area contributed by atoms with E-state index in [9.17, 15) is 4.79 Å². The van der Waals surface area contributed by atoms with Crippen molar-refractivity contribution in [3.63, 3.8) is 0 Å². The van der Waals surface area contributed by atoms with Crippen LogP contribution in [-0.4, -0.2) is 17.1 Å². The molecule has 0 aromatic carbocycles. The molecular weight excluding hydrogens is 206 g/mol. The standard InChI is InChI=1S/C12H19NO3/c1-3-4-6-10(12(14)15)13-9(2)11-7-5-8-16-11/h5,7-10,13H,3-4,6H2,1-2H3,(H,14,15)/t9-,10?/m0/s1. The Balaban J connectivity index is 2.51. The molecule has 16 heavy (non-hydrogen) atoms. The van der Waals surface area contributed by atoms with E-state index in [4.69, 9.17) is 9.52 Å². The molecule has 4 nitrogen and oxygen atoms in total. The number of furan rings is 1. The molecule has 1 aromatic rings. The van der Waals surface area contributed by atoms with Crippen LogP contribution in [-0.2, 0) is 4.79 Å². The predicted molar refractivity (Wildman–Crippen MR) is 61.2 cm³/mol. The second-order valence-corrected chi connectivity index (χ2v) is 3.94. The molecule has 2 atom stereocenters. The molecule has 0 fully saturated rings. The van der Waals surface area contributed by atoms with E-state index in [0.29, 0.717) is 6.42 Å². The highest BCUT2D eigenvalue weighted by Gasteiger charge is 2.20. The fourth-order valence-corrected chi connectivity index (χ4v) is 1.61. The second-order valence-electron chi connectivity index (χ2n) is 3.94. The summed E-state index contributed by atoms with van der Waals surface area (Å²) in [5, 5.41) is 12.1. The molecule has 2 N–H and O–H groups in total. The predicted octanol–water partition coefficient (Wildman–Crippen LogP) is 2.57. The molecule has 0 aliphatic heterocycles. The molecule has 1 unspecified atom stereocenters. The van der Waals surface area contributed by atoms with E-state index in [2.05, 4.69) is 12.2 Å². The van der Waals surface area contributed by atoms with E-state index in [0.717, 1.165) is 18.6 Å². The van der Waals surface area contributed by atoms with Crippen molar-refractivity contribution in [3.8, 4) is 0 Å². The van der Waals surface area contributed by atoms with Crippen molar-refractivity contribution in [3.05, 3.63) is 24.2 Å². The third kappa shape index (κ3) is 3.70. The maximum absolute atomic E-state index is 11.0. The fourth-order valence-electron chi connectivity index (χ4n) is 1.61. The van der Waals surface area contributed by atoms with Gasteiger partial charge in [-0.05, 0) is 25.5 Å². The molecule has 1 aromatic heterocycles. The number of carboxylic acid groups (broad SMARTS) is 1. The van der Waals surface area contributed by atoms with Gasteiger partial charge in [-0.25, -0.2) is 0 Å². The summed E-state index contributed by atoms with van der Waals surface area (Å²) < 4.78 is 5.22. The van der Waals surface area contributed by atoms with Gasteiger partial charge in [-0.15, -0.1) is 0 Å². The van der Waals surface area contributed by atoms with Crippen LogP contribution in [0.25, 0.3) is 0 Å². The summed E-state index contributed by atoms with van der Waals surface area (Å²) in [6.07, 6.45) is 4.15. The summed E-state index contributed by atoms with van der Waals surface area (Å²) in [6, 6.07) is 3.07. The number of carboxylic acids is 1. The molecule has 0 aliphatic rings. The van der Waals surface area contributed by atoms with Crippen LogP contribution in [0.15, 0.2) is 22.8 Å². The molecule has 0 bridgehead atoms. The second kappa shape index (κ2) is 6.33. The first-order valence-electron chi connectivity index (χ1n) is 5.67. The summed E-state index contributed by atoms with van der Waals surface area (Å²) in [4.78, 5) is 11.0. The van der Waals surface area contributed by atoms with Crippen LogP contribution in [0.2, 0.25) is 0 Å². The van der Waals surface area contributed by atoms with Crippen LogP contribution in [0.1, 0.15) is 44.9 Å². The first-order valence-corrected chi connectivity index (χ1v) is 5.67. The molecule has 0 aliphatic carbocycles. The van der Waals surface area contributed by atoms with E-state index in [-0.39, 0.29) is 6.04 Å². The van der Waals surface area contributed by atoms with Gasteiger partial charge >= 0.3 is 5.97 Å². The Morgan fingerprint density at radius 3 is 2.88 bits per heavy atom. The van der Waals surface area contributed by atoms with Gasteiger partial charge in [-0.3, -0.25) is 10.1 Å². The Morgan fingerprint density at radius 1 is 1.62 bits per heavy atom. The lowest BCUT2D eigenvalue weighted by atomic mass is 10.1. The van der Waals surface area contributed by atoms with Crippen molar-refractivity contribution < 1.29 is 14.3 Å². The van der Waals surface area contributed by atoms with E-state index in [1.807, 2.05) is 13.0 Å². The molecule has 0 saturated heterocycles. The summed E-state index contributed by atoms with van der Waals surface area (Å²) in [7, 11) is 0. The lowest BCUT2D eigenvalue weighted by molar-refractivity contribution is -0.139. The van der Waals surface area contributed by atoms with Crippen molar-refractivity contribution in [2.45, 2.75) is 45.2 Å². The lowest BCUT2D eigenvalue weighted by Gasteiger charge is -2.18. The number of unbranched alkanes of at least 4 members (excludes halogenated alkanes) is 1. The molecule has 1 heterocycles. The third-order valence-corrected chi connectivity index (χ3v) is 2.57. The highest BCUT2D eigenvalue weighted by Crippen LogP contribution is 2.14. The quantitative estimate of drug-likeness (QED) is 0.748. The van der Waals surface area contributed by atoms with Gasteiger partial charge in [0.05, 0.1) is 12.3 Å². The summed E-state index contributed by atoms with van der Waals surface area (Å²) in [5.41, 5.74) is 0. The summed E-state index contributed by atoms with van der Waals surface area (Å²) in [5.74, 6) is -0.0328. The van der Waals surface area contributed by atoms with E-state index >= 15 is 0 Å². The van der Waals surface area contributed by atoms with Crippen molar-refractivity contribution in [1.82, 2.24) is 5.32 Å². The van der Waals surface area contributed by atoms with Crippen LogP contribution < -0.4 is 5.32 Å². The molecule has 90 valence electrons. The first kappa shape index (κ1) is 12.8. The first-order chi connectivity index (χ1) is 7.65. The van der Waals surface area contributed by atoms with Gasteiger partial charge in [0.1, 0.15) is 11.8 Å². The van der Waals surface area contributed by atoms with Gasteiger partial charge in [-0.2, -0.15) is 0 Å². The van der Waals surface area contributed by atoms with Crippen molar-refractivity contribution in [2.75, 3.05) is 0 Å². The SMILES string of the molecule is CCCCC(N[C@@H](C)c1ccco1)C(=O)O. The monoisotopic (exact) mass is 225 g/mol.